The summed E-state index contributed by atoms with van der Waals surface area (Å²) in [5, 5.41) is 21.0. The zero-order valence-electron chi connectivity index (χ0n) is 11.1. The fourth-order valence-electron chi connectivity index (χ4n) is 1.90. The van der Waals surface area contributed by atoms with Gasteiger partial charge in [-0.15, -0.1) is 0 Å². The molecule has 0 aliphatic rings. The predicted molar refractivity (Wildman–Crippen MR) is 74.9 cm³/mol. The van der Waals surface area contributed by atoms with Crippen molar-refractivity contribution in [3.8, 4) is 5.75 Å². The largest absolute Gasteiger partial charge is 0.505 e. The third-order valence-electron chi connectivity index (χ3n) is 2.90. The van der Waals surface area contributed by atoms with Crippen LogP contribution in [-0.4, -0.2) is 27.1 Å². The van der Waals surface area contributed by atoms with E-state index in [1.807, 2.05) is 0 Å². The molecule has 0 aliphatic carbocycles. The highest BCUT2D eigenvalue weighted by Gasteiger charge is 2.13. The Kier molecular flexibility index (Phi) is 4.50. The molecule has 0 bridgehead atoms. The summed E-state index contributed by atoms with van der Waals surface area (Å²) in [4.78, 5) is 26.5. The van der Waals surface area contributed by atoms with Crippen molar-refractivity contribution in [2.75, 3.05) is 0 Å². The van der Waals surface area contributed by atoms with E-state index >= 15 is 0 Å². The predicted octanol–water partition coefficient (Wildman–Crippen LogP) is 1.34. The van der Waals surface area contributed by atoms with Crippen LogP contribution in [0.3, 0.4) is 0 Å². The molecule has 1 amide bonds. The lowest BCUT2D eigenvalue weighted by molar-refractivity contribution is -0.136. The molecule has 0 aliphatic heterocycles. The summed E-state index contributed by atoms with van der Waals surface area (Å²) in [5.41, 5.74) is 1.28. The second kappa shape index (κ2) is 6.51. The quantitative estimate of drug-likeness (QED) is 0.770. The van der Waals surface area contributed by atoms with E-state index in [-0.39, 0.29) is 24.4 Å². The van der Waals surface area contributed by atoms with Crippen molar-refractivity contribution >= 4 is 11.9 Å². The summed E-state index contributed by atoms with van der Waals surface area (Å²) in [7, 11) is 0. The maximum atomic E-state index is 11.9. The molecule has 0 saturated heterocycles. The van der Waals surface area contributed by atoms with Crippen LogP contribution in [0.1, 0.15) is 21.6 Å². The maximum absolute atomic E-state index is 11.9. The first-order valence-electron chi connectivity index (χ1n) is 6.28. The van der Waals surface area contributed by atoms with Crippen LogP contribution in [0.5, 0.6) is 5.75 Å². The van der Waals surface area contributed by atoms with Gasteiger partial charge in [0.15, 0.2) is 5.69 Å². The summed E-state index contributed by atoms with van der Waals surface area (Å²) < 4.78 is 0. The number of hydrogen-bond donors (Lipinski definition) is 3. The van der Waals surface area contributed by atoms with Crippen LogP contribution < -0.4 is 5.32 Å². The zero-order chi connectivity index (χ0) is 15.2. The number of nitrogens with one attached hydrogen (secondary N) is 1. The Balaban J connectivity index is 2.08. The average Bonchev–Trinajstić information content (AvgIpc) is 2.46. The molecule has 0 saturated carbocycles. The highest BCUT2D eigenvalue weighted by atomic mass is 16.4. The average molecular weight is 286 g/mol. The molecule has 1 aromatic carbocycles. The molecule has 1 heterocycles. The molecule has 6 nitrogen and oxygen atoms in total. The number of benzene rings is 1. The van der Waals surface area contributed by atoms with Crippen molar-refractivity contribution in [2.45, 2.75) is 13.0 Å². The number of amides is 1. The molecule has 0 radical (unpaired) electrons. The Labute approximate surface area is 121 Å². The fraction of sp³-hybridized carbons (Fsp3) is 0.133. The molecular formula is C15H14N2O4. The number of nitrogens with zero attached hydrogens (tertiary/aromatic N) is 1. The van der Waals surface area contributed by atoms with Crippen molar-refractivity contribution in [2.24, 2.45) is 0 Å². The van der Waals surface area contributed by atoms with Crippen molar-refractivity contribution in [3.63, 3.8) is 0 Å². The Hall–Kier alpha value is -2.89. The number of carboxylic acid groups (broad SMARTS) is 1. The number of rotatable bonds is 5. The van der Waals surface area contributed by atoms with E-state index in [9.17, 15) is 14.7 Å². The van der Waals surface area contributed by atoms with E-state index in [0.29, 0.717) is 11.1 Å². The van der Waals surface area contributed by atoms with Gasteiger partial charge in [0.25, 0.3) is 5.91 Å². The SMILES string of the molecule is O=C(O)Cc1ccccc1CNC(=O)c1ncccc1O. The Morgan fingerprint density at radius 1 is 1.10 bits per heavy atom. The Morgan fingerprint density at radius 3 is 2.48 bits per heavy atom. The molecule has 21 heavy (non-hydrogen) atoms. The van der Waals surface area contributed by atoms with Crippen LogP contribution in [0.25, 0.3) is 0 Å². The van der Waals surface area contributed by atoms with Crippen molar-refractivity contribution in [1.29, 1.82) is 0 Å². The lowest BCUT2D eigenvalue weighted by atomic mass is 10.0. The van der Waals surface area contributed by atoms with Gasteiger partial charge in [0.2, 0.25) is 0 Å². The Morgan fingerprint density at radius 2 is 1.81 bits per heavy atom. The molecular weight excluding hydrogens is 272 g/mol. The van der Waals surface area contributed by atoms with Gasteiger partial charge in [-0.3, -0.25) is 9.59 Å². The van der Waals surface area contributed by atoms with E-state index in [1.54, 1.807) is 24.3 Å². The molecule has 2 aromatic rings. The molecule has 0 atom stereocenters. The highest BCUT2D eigenvalue weighted by molar-refractivity contribution is 5.94. The van der Waals surface area contributed by atoms with Crippen LogP contribution in [-0.2, 0) is 17.8 Å². The molecule has 0 unspecified atom stereocenters. The number of aromatic hydroxyl groups is 1. The van der Waals surface area contributed by atoms with Gasteiger partial charge in [-0.1, -0.05) is 24.3 Å². The fourth-order valence-corrected chi connectivity index (χ4v) is 1.90. The normalized spacial score (nSPS) is 10.1. The number of carboxylic acids is 1. The van der Waals surface area contributed by atoms with Crippen molar-refractivity contribution in [3.05, 3.63) is 59.4 Å². The number of hydrogen-bond acceptors (Lipinski definition) is 4. The van der Waals surface area contributed by atoms with Gasteiger partial charge in [-0.2, -0.15) is 0 Å². The smallest absolute Gasteiger partial charge is 0.307 e. The van der Waals surface area contributed by atoms with Crippen LogP contribution >= 0.6 is 0 Å². The standard InChI is InChI=1S/C15H14N2O4/c18-12-6-3-7-16-14(12)15(21)17-9-11-5-2-1-4-10(11)8-13(19)20/h1-7,18H,8-9H2,(H,17,21)(H,19,20). The van der Waals surface area contributed by atoms with E-state index in [1.165, 1.54) is 18.3 Å². The minimum atomic E-state index is -0.934. The molecule has 3 N–H and O–H groups in total. The topological polar surface area (TPSA) is 99.5 Å². The van der Waals surface area contributed by atoms with Crippen molar-refractivity contribution < 1.29 is 19.8 Å². The van der Waals surface area contributed by atoms with Crippen LogP contribution in [0.15, 0.2) is 42.6 Å². The summed E-state index contributed by atoms with van der Waals surface area (Å²) in [5.74, 6) is -1.65. The third-order valence-corrected chi connectivity index (χ3v) is 2.90. The lowest BCUT2D eigenvalue weighted by Crippen LogP contribution is -2.24. The van der Waals surface area contributed by atoms with Gasteiger partial charge >= 0.3 is 5.97 Å². The van der Waals surface area contributed by atoms with E-state index < -0.39 is 11.9 Å². The number of aromatic nitrogens is 1. The minimum absolute atomic E-state index is 0.0618. The molecule has 6 heteroatoms. The summed E-state index contributed by atoms with van der Waals surface area (Å²) >= 11 is 0. The molecule has 0 spiro atoms. The number of carbonyl (C=O) groups excluding carboxylic acids is 1. The molecule has 108 valence electrons. The van der Waals surface area contributed by atoms with Crippen LogP contribution in [0.2, 0.25) is 0 Å². The van der Waals surface area contributed by atoms with E-state index in [2.05, 4.69) is 10.3 Å². The van der Waals surface area contributed by atoms with Crippen molar-refractivity contribution in [1.82, 2.24) is 10.3 Å². The van der Waals surface area contributed by atoms with Gasteiger partial charge in [0.1, 0.15) is 5.75 Å². The maximum Gasteiger partial charge on any atom is 0.307 e. The van der Waals surface area contributed by atoms with Gasteiger partial charge in [0, 0.05) is 12.7 Å². The Bertz CT molecular complexity index is 670. The second-order valence-electron chi connectivity index (χ2n) is 4.39. The third kappa shape index (κ3) is 3.79. The number of pyridine rings is 1. The van der Waals surface area contributed by atoms with Crippen LogP contribution in [0.4, 0.5) is 0 Å². The van der Waals surface area contributed by atoms with Gasteiger partial charge in [0.05, 0.1) is 6.42 Å². The highest BCUT2D eigenvalue weighted by Crippen LogP contribution is 2.13. The van der Waals surface area contributed by atoms with E-state index in [0.717, 1.165) is 0 Å². The summed E-state index contributed by atoms with van der Waals surface area (Å²) in [6, 6.07) is 9.86. The zero-order valence-corrected chi connectivity index (χ0v) is 11.1. The first kappa shape index (κ1) is 14.5. The van der Waals surface area contributed by atoms with Gasteiger partial charge < -0.3 is 15.5 Å². The molecule has 2 rings (SSSR count). The summed E-state index contributed by atoms with van der Waals surface area (Å²) in [6.45, 7) is 0.165. The van der Waals surface area contributed by atoms with Crippen LogP contribution in [0, 0.1) is 0 Å². The monoisotopic (exact) mass is 286 g/mol. The molecule has 0 fully saturated rings. The van der Waals surface area contributed by atoms with E-state index in [4.69, 9.17) is 5.11 Å². The minimum Gasteiger partial charge on any atom is -0.505 e. The number of carbonyl (C=O) groups is 2. The lowest BCUT2D eigenvalue weighted by Gasteiger charge is -2.09. The van der Waals surface area contributed by atoms with Gasteiger partial charge in [-0.05, 0) is 23.3 Å². The number of aliphatic carboxylic acids is 1. The molecule has 1 aromatic heterocycles. The first-order chi connectivity index (χ1) is 10.1. The second-order valence-corrected chi connectivity index (χ2v) is 4.39. The summed E-state index contributed by atoms with van der Waals surface area (Å²) in [6.07, 6.45) is 1.30. The van der Waals surface area contributed by atoms with Gasteiger partial charge in [-0.25, -0.2) is 4.98 Å². The first-order valence-corrected chi connectivity index (χ1v) is 6.28.